The summed E-state index contributed by atoms with van der Waals surface area (Å²) in [6.07, 6.45) is 7.88. The van der Waals surface area contributed by atoms with Gasteiger partial charge in [-0.2, -0.15) is 11.8 Å². The van der Waals surface area contributed by atoms with Gasteiger partial charge in [0.05, 0.1) is 0 Å². The zero-order valence-corrected chi connectivity index (χ0v) is 13.1. The number of hydrogen-bond acceptors (Lipinski definition) is 6. The highest BCUT2D eigenvalue weighted by molar-refractivity contribution is 7.99. The van der Waals surface area contributed by atoms with Gasteiger partial charge in [0.15, 0.2) is 5.13 Å². The maximum absolute atomic E-state index is 12.3. The van der Waals surface area contributed by atoms with Crippen LogP contribution in [-0.4, -0.2) is 34.5 Å². The lowest BCUT2D eigenvalue weighted by molar-refractivity contribution is 0.0943. The van der Waals surface area contributed by atoms with E-state index >= 15 is 0 Å². The molecule has 2 fully saturated rings. The van der Waals surface area contributed by atoms with Crippen LogP contribution in [0.4, 0.5) is 10.9 Å². The molecule has 110 valence electrons. The van der Waals surface area contributed by atoms with Crippen LogP contribution in [0.15, 0.2) is 0 Å². The highest BCUT2D eigenvalue weighted by Crippen LogP contribution is 2.32. The summed E-state index contributed by atoms with van der Waals surface area (Å²) in [5, 5.41) is 7.70. The number of hydrogen-bond donors (Lipinski definition) is 3. The summed E-state index contributed by atoms with van der Waals surface area (Å²) < 4.78 is 0. The summed E-state index contributed by atoms with van der Waals surface area (Å²) >= 11 is 3.20. The van der Waals surface area contributed by atoms with Crippen LogP contribution in [0.25, 0.3) is 0 Å². The molecule has 0 aliphatic heterocycles. The minimum atomic E-state index is -0.0743. The number of amides is 1. The van der Waals surface area contributed by atoms with Crippen molar-refractivity contribution in [2.75, 3.05) is 17.3 Å². The molecule has 0 spiro atoms. The zero-order chi connectivity index (χ0) is 14.1. The lowest BCUT2D eigenvalue weighted by Crippen LogP contribution is -2.38. The first-order valence-electron chi connectivity index (χ1n) is 7.04. The minimum Gasteiger partial charge on any atom is -0.382 e. The van der Waals surface area contributed by atoms with Crippen molar-refractivity contribution in [3.8, 4) is 0 Å². The standard InChI is InChI=1S/C13H20N4OS2/c1-19-9-4-2-3-8(9)16-12(18)10-11(14)17-13(20-10)15-7-5-6-7/h7-9H,2-6,14H2,1H3,(H,15,17)(H,16,18). The van der Waals surface area contributed by atoms with Crippen LogP contribution in [0, 0.1) is 0 Å². The Balaban J connectivity index is 1.65. The van der Waals surface area contributed by atoms with Gasteiger partial charge in [0.1, 0.15) is 10.7 Å². The zero-order valence-electron chi connectivity index (χ0n) is 11.5. The lowest BCUT2D eigenvalue weighted by Gasteiger charge is -2.18. The Labute approximate surface area is 127 Å². The summed E-state index contributed by atoms with van der Waals surface area (Å²) in [4.78, 5) is 17.1. The van der Waals surface area contributed by atoms with Crippen LogP contribution in [0.5, 0.6) is 0 Å². The van der Waals surface area contributed by atoms with Crippen LogP contribution in [-0.2, 0) is 0 Å². The molecule has 2 atom stereocenters. The number of thioether (sulfide) groups is 1. The number of nitrogens with two attached hydrogens (primary N) is 1. The van der Waals surface area contributed by atoms with Crippen molar-refractivity contribution in [1.82, 2.24) is 10.3 Å². The highest BCUT2D eigenvalue weighted by Gasteiger charge is 2.30. The maximum atomic E-state index is 12.3. The fourth-order valence-electron chi connectivity index (χ4n) is 2.57. The van der Waals surface area contributed by atoms with Crippen LogP contribution in [0.1, 0.15) is 41.8 Å². The van der Waals surface area contributed by atoms with Crippen molar-refractivity contribution < 1.29 is 4.79 Å². The number of anilines is 2. The molecule has 2 saturated carbocycles. The third kappa shape index (κ3) is 3.03. The van der Waals surface area contributed by atoms with Gasteiger partial charge >= 0.3 is 0 Å². The summed E-state index contributed by atoms with van der Waals surface area (Å²) in [6.45, 7) is 0. The highest BCUT2D eigenvalue weighted by atomic mass is 32.2. The molecule has 5 nitrogen and oxygen atoms in total. The second-order valence-corrected chi connectivity index (χ2v) is 7.51. The molecule has 1 aromatic heterocycles. The number of nitrogens with zero attached hydrogens (tertiary/aromatic N) is 1. The van der Waals surface area contributed by atoms with Gasteiger partial charge in [-0.05, 0) is 31.9 Å². The second kappa shape index (κ2) is 5.81. The number of carbonyl (C=O) groups is 1. The lowest BCUT2D eigenvalue weighted by atomic mass is 10.2. The molecular weight excluding hydrogens is 292 g/mol. The predicted molar refractivity (Wildman–Crippen MR) is 85.6 cm³/mol. The number of nitrogen functional groups attached to an aromatic ring is 1. The Kier molecular flexibility index (Phi) is 4.07. The molecule has 0 saturated heterocycles. The van der Waals surface area contributed by atoms with Gasteiger partial charge in [0.25, 0.3) is 5.91 Å². The molecule has 4 N–H and O–H groups in total. The molecule has 2 aliphatic rings. The maximum Gasteiger partial charge on any atom is 0.265 e. The van der Waals surface area contributed by atoms with Gasteiger partial charge in [-0.1, -0.05) is 17.8 Å². The molecule has 3 rings (SSSR count). The Morgan fingerprint density at radius 1 is 1.40 bits per heavy atom. The molecular formula is C13H20N4OS2. The SMILES string of the molecule is CSC1CCCC1NC(=O)c1sc(NC2CC2)nc1N. The molecule has 20 heavy (non-hydrogen) atoms. The fraction of sp³-hybridized carbons (Fsp3) is 0.692. The van der Waals surface area contributed by atoms with Gasteiger partial charge in [-0.15, -0.1) is 0 Å². The van der Waals surface area contributed by atoms with E-state index in [4.69, 9.17) is 5.73 Å². The molecule has 1 heterocycles. The van der Waals surface area contributed by atoms with Crippen molar-refractivity contribution in [2.45, 2.75) is 49.4 Å². The molecule has 1 aromatic rings. The first-order valence-corrected chi connectivity index (χ1v) is 9.14. The van der Waals surface area contributed by atoms with Crippen LogP contribution >= 0.6 is 23.1 Å². The van der Waals surface area contributed by atoms with Gasteiger partial charge in [0.2, 0.25) is 0 Å². The third-order valence-corrected chi connectivity index (χ3v) is 6.01. The van der Waals surface area contributed by atoms with E-state index in [0.29, 0.717) is 22.0 Å². The summed E-state index contributed by atoms with van der Waals surface area (Å²) in [7, 11) is 0. The average molecular weight is 312 g/mol. The van der Waals surface area contributed by atoms with Crippen molar-refractivity contribution in [1.29, 1.82) is 0 Å². The number of carbonyl (C=O) groups excluding carboxylic acids is 1. The quantitative estimate of drug-likeness (QED) is 0.777. The molecule has 2 unspecified atom stereocenters. The summed E-state index contributed by atoms with van der Waals surface area (Å²) in [6, 6.07) is 0.783. The Morgan fingerprint density at radius 2 is 2.20 bits per heavy atom. The van der Waals surface area contributed by atoms with Gasteiger partial charge in [0, 0.05) is 17.3 Å². The van der Waals surface area contributed by atoms with Gasteiger partial charge in [-0.3, -0.25) is 4.79 Å². The largest absolute Gasteiger partial charge is 0.382 e. The van der Waals surface area contributed by atoms with E-state index in [2.05, 4.69) is 21.9 Å². The van der Waals surface area contributed by atoms with Crippen molar-refractivity contribution in [3.63, 3.8) is 0 Å². The van der Waals surface area contributed by atoms with E-state index in [-0.39, 0.29) is 11.9 Å². The average Bonchev–Trinajstić information content (AvgIpc) is 2.98. The third-order valence-electron chi connectivity index (χ3n) is 3.84. The van der Waals surface area contributed by atoms with E-state index < -0.39 is 0 Å². The van der Waals surface area contributed by atoms with E-state index in [0.717, 1.165) is 11.6 Å². The van der Waals surface area contributed by atoms with Crippen LogP contribution in [0.3, 0.4) is 0 Å². The van der Waals surface area contributed by atoms with Crippen molar-refractivity contribution in [2.24, 2.45) is 0 Å². The number of aromatic nitrogens is 1. The smallest absolute Gasteiger partial charge is 0.265 e. The van der Waals surface area contributed by atoms with Crippen molar-refractivity contribution >= 4 is 40.0 Å². The van der Waals surface area contributed by atoms with E-state index in [1.54, 1.807) is 0 Å². The van der Waals surface area contributed by atoms with Crippen LogP contribution < -0.4 is 16.4 Å². The molecule has 0 aromatic carbocycles. The van der Waals surface area contributed by atoms with Gasteiger partial charge in [-0.25, -0.2) is 4.98 Å². The van der Waals surface area contributed by atoms with E-state index in [1.165, 1.54) is 37.0 Å². The number of nitrogens with one attached hydrogen (secondary N) is 2. The van der Waals surface area contributed by atoms with E-state index in [1.807, 2.05) is 11.8 Å². The Hall–Kier alpha value is -0.950. The molecule has 2 aliphatic carbocycles. The summed E-state index contributed by atoms with van der Waals surface area (Å²) in [5.74, 6) is 0.268. The number of thiazole rings is 1. The first kappa shape index (κ1) is 14.0. The van der Waals surface area contributed by atoms with E-state index in [9.17, 15) is 4.79 Å². The Morgan fingerprint density at radius 3 is 2.90 bits per heavy atom. The minimum absolute atomic E-state index is 0.0743. The second-order valence-electron chi connectivity index (χ2n) is 5.44. The van der Waals surface area contributed by atoms with Gasteiger partial charge < -0.3 is 16.4 Å². The molecule has 0 radical (unpaired) electrons. The fourth-order valence-corrected chi connectivity index (χ4v) is 4.37. The molecule has 1 amide bonds. The Bertz CT molecular complexity index is 501. The monoisotopic (exact) mass is 312 g/mol. The van der Waals surface area contributed by atoms with Crippen molar-refractivity contribution in [3.05, 3.63) is 4.88 Å². The predicted octanol–water partition coefficient (Wildman–Crippen LogP) is 2.31. The topological polar surface area (TPSA) is 80.0 Å². The molecule has 7 heteroatoms. The summed E-state index contributed by atoms with van der Waals surface area (Å²) in [5.41, 5.74) is 5.87. The van der Waals surface area contributed by atoms with Crippen LogP contribution in [0.2, 0.25) is 0 Å². The normalized spacial score (nSPS) is 25.6. The first-order chi connectivity index (χ1) is 9.67. The molecule has 0 bridgehead atoms. The number of rotatable bonds is 5.